The van der Waals surface area contributed by atoms with Crippen LogP contribution in [0.1, 0.15) is 18.7 Å². The Morgan fingerprint density at radius 3 is 2.66 bits per heavy atom. The third kappa shape index (κ3) is 4.40. The first-order valence-corrected chi connectivity index (χ1v) is 10.9. The summed E-state index contributed by atoms with van der Waals surface area (Å²) in [5, 5.41) is 42.4. The summed E-state index contributed by atoms with van der Waals surface area (Å²) in [6, 6.07) is 8.82. The average molecular weight is 462 g/mol. The molecule has 4 rings (SSSR count). The minimum Gasteiger partial charge on any atom is -0.480 e. The number of hydrogen-bond acceptors (Lipinski definition) is 10. The van der Waals surface area contributed by atoms with Crippen LogP contribution in [-0.4, -0.2) is 76.9 Å². The summed E-state index contributed by atoms with van der Waals surface area (Å²) in [5.41, 5.74) is 1.81. The summed E-state index contributed by atoms with van der Waals surface area (Å²) >= 11 is 1.41. The number of carboxylic acid groups (broad SMARTS) is 1. The second-order valence-electron chi connectivity index (χ2n) is 7.38. The quantitative estimate of drug-likeness (QED) is 0.236. The number of aliphatic hydroxyl groups is 3. The normalized spacial score (nSPS) is 24.0. The van der Waals surface area contributed by atoms with Gasteiger partial charge in [0.2, 0.25) is 5.95 Å². The summed E-state index contributed by atoms with van der Waals surface area (Å²) < 4.78 is 7.06. The van der Waals surface area contributed by atoms with Crippen LogP contribution in [0.3, 0.4) is 0 Å². The van der Waals surface area contributed by atoms with Crippen LogP contribution < -0.4 is 5.32 Å². The van der Waals surface area contributed by atoms with E-state index in [1.807, 2.05) is 30.3 Å². The number of ether oxygens (including phenoxy) is 1. The van der Waals surface area contributed by atoms with Gasteiger partial charge in [0.05, 0.1) is 12.9 Å². The molecule has 3 aromatic rings. The van der Waals surface area contributed by atoms with Crippen molar-refractivity contribution in [2.45, 2.75) is 48.3 Å². The van der Waals surface area contributed by atoms with Gasteiger partial charge in [-0.1, -0.05) is 42.1 Å². The molecule has 0 aliphatic carbocycles. The summed E-state index contributed by atoms with van der Waals surface area (Å²) in [4.78, 5) is 24.5. The van der Waals surface area contributed by atoms with Gasteiger partial charge in [-0.15, -0.1) is 0 Å². The topological polar surface area (TPSA) is 163 Å². The van der Waals surface area contributed by atoms with Crippen molar-refractivity contribution in [3.8, 4) is 0 Å². The van der Waals surface area contributed by atoms with Crippen LogP contribution in [0.25, 0.3) is 11.2 Å². The lowest BCUT2D eigenvalue weighted by Crippen LogP contribution is -2.33. The summed E-state index contributed by atoms with van der Waals surface area (Å²) in [6.07, 6.45) is -3.16. The second-order valence-corrected chi connectivity index (χ2v) is 8.35. The van der Waals surface area contributed by atoms with Crippen molar-refractivity contribution in [3.63, 3.8) is 0 Å². The fourth-order valence-electron chi connectivity index (χ4n) is 3.33. The number of nitrogens with zero attached hydrogens (tertiary/aromatic N) is 4. The fraction of sp³-hybridized carbons (Fsp3) is 0.400. The highest BCUT2D eigenvalue weighted by atomic mass is 32.2. The zero-order valence-corrected chi connectivity index (χ0v) is 17.9. The number of hydrogen-bond donors (Lipinski definition) is 5. The number of carbonyl (C=O) groups is 1. The highest BCUT2D eigenvalue weighted by molar-refractivity contribution is 7.98. The van der Waals surface area contributed by atoms with E-state index >= 15 is 0 Å². The van der Waals surface area contributed by atoms with Crippen molar-refractivity contribution in [2.75, 3.05) is 11.9 Å². The van der Waals surface area contributed by atoms with E-state index in [4.69, 9.17) is 4.74 Å². The molecule has 11 nitrogen and oxygen atoms in total. The van der Waals surface area contributed by atoms with Crippen molar-refractivity contribution < 1.29 is 30.0 Å². The lowest BCUT2D eigenvalue weighted by atomic mass is 10.1. The van der Waals surface area contributed by atoms with Crippen LogP contribution in [0.2, 0.25) is 0 Å². The van der Waals surface area contributed by atoms with E-state index in [-0.39, 0.29) is 5.95 Å². The van der Waals surface area contributed by atoms with Crippen molar-refractivity contribution >= 4 is 34.8 Å². The molecule has 5 atom stereocenters. The van der Waals surface area contributed by atoms with Gasteiger partial charge in [-0.2, -0.15) is 4.98 Å². The fourth-order valence-corrected chi connectivity index (χ4v) is 4.26. The van der Waals surface area contributed by atoms with Gasteiger partial charge in [0.15, 0.2) is 11.9 Å². The maximum Gasteiger partial charge on any atom is 0.325 e. The third-order valence-electron chi connectivity index (χ3n) is 5.12. The monoisotopic (exact) mass is 461 g/mol. The minimum atomic E-state index is -1.31. The van der Waals surface area contributed by atoms with Crippen molar-refractivity contribution in [3.05, 3.63) is 42.2 Å². The standard InChI is InChI=1S/C20H23N5O6S/c1-10(19(29)30)22-20-23-16-13(17(24-20)32-8-11-5-3-2-4-6-11)21-9-25(16)18-15(28)14(27)12(7-26)31-18/h2-6,9-10,12,14-15,18,26-28H,7-8H2,1H3,(H,29,30)(H,22,23,24)/t10-,12+,14-,15-,18+/m1/s1. The van der Waals surface area contributed by atoms with Gasteiger partial charge in [-0.3, -0.25) is 9.36 Å². The molecule has 0 amide bonds. The third-order valence-corrected chi connectivity index (χ3v) is 6.15. The van der Waals surface area contributed by atoms with Crippen molar-refractivity contribution in [1.82, 2.24) is 19.5 Å². The van der Waals surface area contributed by atoms with Crippen LogP contribution in [0.15, 0.2) is 41.7 Å². The highest BCUT2D eigenvalue weighted by Gasteiger charge is 2.44. The van der Waals surface area contributed by atoms with E-state index in [1.165, 1.54) is 29.6 Å². The number of thioether (sulfide) groups is 1. The Morgan fingerprint density at radius 1 is 1.25 bits per heavy atom. The Hall–Kier alpha value is -2.77. The summed E-state index contributed by atoms with van der Waals surface area (Å²) in [5.74, 6) is -0.387. The van der Waals surface area contributed by atoms with Crippen molar-refractivity contribution in [1.29, 1.82) is 0 Å². The van der Waals surface area contributed by atoms with Gasteiger partial charge in [0.1, 0.15) is 34.9 Å². The van der Waals surface area contributed by atoms with Gasteiger partial charge in [-0.05, 0) is 12.5 Å². The predicted molar refractivity (Wildman–Crippen MR) is 115 cm³/mol. The summed E-state index contributed by atoms with van der Waals surface area (Å²) in [6.45, 7) is 1.01. The Balaban J connectivity index is 1.72. The van der Waals surface area contributed by atoms with E-state index < -0.39 is 43.2 Å². The smallest absolute Gasteiger partial charge is 0.325 e. The molecule has 5 N–H and O–H groups in total. The number of anilines is 1. The highest BCUT2D eigenvalue weighted by Crippen LogP contribution is 2.34. The molecule has 0 radical (unpaired) electrons. The van der Waals surface area contributed by atoms with E-state index in [0.717, 1.165) is 5.56 Å². The maximum atomic E-state index is 11.3. The molecular weight excluding hydrogens is 438 g/mol. The van der Waals surface area contributed by atoms with Crippen molar-refractivity contribution in [2.24, 2.45) is 0 Å². The summed E-state index contributed by atoms with van der Waals surface area (Å²) in [7, 11) is 0. The molecule has 1 aliphatic rings. The molecular formula is C20H23N5O6S. The van der Waals surface area contributed by atoms with E-state index in [9.17, 15) is 25.2 Å². The number of benzene rings is 1. The molecule has 1 fully saturated rings. The second kappa shape index (κ2) is 9.38. The Labute approximate surface area is 187 Å². The number of aliphatic hydroxyl groups excluding tert-OH is 3. The zero-order valence-electron chi connectivity index (χ0n) is 17.1. The molecule has 2 aromatic heterocycles. The zero-order chi connectivity index (χ0) is 22.8. The number of fused-ring (bicyclic) bond motifs is 1. The molecule has 1 aliphatic heterocycles. The molecule has 0 spiro atoms. The molecule has 0 unspecified atom stereocenters. The molecule has 12 heteroatoms. The van der Waals surface area contributed by atoms with Gasteiger partial charge in [0, 0.05) is 5.75 Å². The molecule has 1 aromatic carbocycles. The maximum absolute atomic E-state index is 11.3. The van der Waals surface area contributed by atoms with Crippen LogP contribution in [0, 0.1) is 0 Å². The minimum absolute atomic E-state index is 0.0801. The SMILES string of the molecule is C[C@@H](Nc1nc(SCc2ccccc2)c2ncn([C@H]3O[C@@H](CO)[C@@H](O)[C@H]3O)c2n1)C(=O)O. The molecule has 170 valence electrons. The van der Waals surface area contributed by atoms with Gasteiger partial charge < -0.3 is 30.5 Å². The lowest BCUT2D eigenvalue weighted by Gasteiger charge is -2.17. The Kier molecular flexibility index (Phi) is 6.58. The van der Waals surface area contributed by atoms with Gasteiger partial charge >= 0.3 is 5.97 Å². The molecule has 0 bridgehead atoms. The number of nitrogens with one attached hydrogen (secondary N) is 1. The molecule has 0 saturated carbocycles. The Morgan fingerprint density at radius 2 is 2.00 bits per heavy atom. The van der Waals surface area contributed by atoms with Crippen LogP contribution >= 0.6 is 11.8 Å². The molecule has 32 heavy (non-hydrogen) atoms. The van der Waals surface area contributed by atoms with Gasteiger partial charge in [0.25, 0.3) is 0 Å². The number of aliphatic carboxylic acids is 1. The first-order valence-electron chi connectivity index (χ1n) is 9.92. The predicted octanol–water partition coefficient (Wildman–Crippen LogP) is 0.615. The lowest BCUT2D eigenvalue weighted by molar-refractivity contribution is -0.137. The van der Waals surface area contributed by atoms with E-state index in [1.54, 1.807) is 0 Å². The van der Waals surface area contributed by atoms with Crippen LogP contribution in [0.5, 0.6) is 0 Å². The van der Waals surface area contributed by atoms with E-state index in [2.05, 4.69) is 20.3 Å². The number of aromatic nitrogens is 4. The number of imidazole rings is 1. The largest absolute Gasteiger partial charge is 0.480 e. The molecule has 3 heterocycles. The van der Waals surface area contributed by atoms with E-state index in [0.29, 0.717) is 21.9 Å². The van der Waals surface area contributed by atoms with Gasteiger partial charge in [-0.25, -0.2) is 9.97 Å². The Bertz CT molecular complexity index is 1100. The first-order chi connectivity index (χ1) is 15.4. The van der Waals surface area contributed by atoms with Crippen LogP contribution in [0.4, 0.5) is 5.95 Å². The number of rotatable bonds is 8. The average Bonchev–Trinajstić information content (AvgIpc) is 3.33. The molecule has 1 saturated heterocycles. The number of carboxylic acids is 1. The first kappa shape index (κ1) is 22.4. The van der Waals surface area contributed by atoms with Crippen LogP contribution in [-0.2, 0) is 15.3 Å².